The number of hydrogen-bond donors (Lipinski definition) is 2. The zero-order valence-electron chi connectivity index (χ0n) is 10.5. The van der Waals surface area contributed by atoms with E-state index in [0.717, 1.165) is 30.4 Å². The Morgan fingerprint density at radius 1 is 1.33 bits per heavy atom. The van der Waals surface area contributed by atoms with Gasteiger partial charge in [0.05, 0.1) is 0 Å². The summed E-state index contributed by atoms with van der Waals surface area (Å²) >= 11 is 0. The quantitative estimate of drug-likeness (QED) is 0.845. The zero-order chi connectivity index (χ0) is 12.8. The highest BCUT2D eigenvalue weighted by Crippen LogP contribution is 2.13. The van der Waals surface area contributed by atoms with Crippen molar-refractivity contribution in [1.82, 2.24) is 5.32 Å². The van der Waals surface area contributed by atoms with Crippen LogP contribution in [0.5, 0.6) is 0 Å². The maximum absolute atomic E-state index is 11.9. The summed E-state index contributed by atoms with van der Waals surface area (Å²) in [5.41, 5.74) is 7.81. The van der Waals surface area contributed by atoms with Gasteiger partial charge >= 0.3 is 0 Å². The Hall–Kier alpha value is -1.39. The molecule has 0 saturated carbocycles. The van der Waals surface area contributed by atoms with Gasteiger partial charge in [-0.1, -0.05) is 24.3 Å². The van der Waals surface area contributed by atoms with E-state index in [4.69, 9.17) is 10.5 Å². The SMILES string of the molecule is NCc1ccccc1CNC(=O)C1CCCCO1. The van der Waals surface area contributed by atoms with Gasteiger partial charge in [0.25, 0.3) is 0 Å². The van der Waals surface area contributed by atoms with E-state index in [0.29, 0.717) is 19.7 Å². The van der Waals surface area contributed by atoms with Crippen LogP contribution >= 0.6 is 0 Å². The number of rotatable bonds is 4. The molecule has 1 heterocycles. The topological polar surface area (TPSA) is 64.3 Å². The average Bonchev–Trinajstić information content (AvgIpc) is 2.46. The fraction of sp³-hybridized carbons (Fsp3) is 0.500. The van der Waals surface area contributed by atoms with Gasteiger partial charge in [-0.25, -0.2) is 0 Å². The van der Waals surface area contributed by atoms with E-state index < -0.39 is 0 Å². The lowest BCUT2D eigenvalue weighted by Gasteiger charge is -2.21. The standard InChI is InChI=1S/C14H20N2O2/c15-9-11-5-1-2-6-12(11)10-16-14(17)13-7-3-4-8-18-13/h1-2,5-6,13H,3-4,7-10,15H2,(H,16,17). The van der Waals surface area contributed by atoms with Crippen molar-refractivity contribution in [3.8, 4) is 0 Å². The maximum Gasteiger partial charge on any atom is 0.249 e. The smallest absolute Gasteiger partial charge is 0.249 e. The van der Waals surface area contributed by atoms with Crippen LogP contribution in [0, 0.1) is 0 Å². The minimum absolute atomic E-state index is 0.0125. The molecule has 4 nitrogen and oxygen atoms in total. The van der Waals surface area contributed by atoms with E-state index >= 15 is 0 Å². The Labute approximate surface area is 108 Å². The molecule has 1 amide bonds. The van der Waals surface area contributed by atoms with Gasteiger partial charge in [0.15, 0.2) is 0 Å². The molecule has 0 radical (unpaired) electrons. The summed E-state index contributed by atoms with van der Waals surface area (Å²) in [6, 6.07) is 7.89. The summed E-state index contributed by atoms with van der Waals surface area (Å²) in [4.78, 5) is 11.9. The molecular formula is C14H20N2O2. The summed E-state index contributed by atoms with van der Waals surface area (Å²) in [7, 11) is 0. The number of benzene rings is 1. The van der Waals surface area contributed by atoms with Gasteiger partial charge in [0.1, 0.15) is 6.10 Å². The van der Waals surface area contributed by atoms with E-state index in [1.165, 1.54) is 0 Å². The second kappa shape index (κ2) is 6.52. The first-order chi connectivity index (χ1) is 8.81. The largest absolute Gasteiger partial charge is 0.368 e. The number of amides is 1. The molecule has 0 aromatic heterocycles. The van der Waals surface area contributed by atoms with Crippen LogP contribution in [0.1, 0.15) is 30.4 Å². The maximum atomic E-state index is 11.9. The van der Waals surface area contributed by atoms with Gasteiger partial charge in [-0.05, 0) is 30.4 Å². The molecule has 1 aliphatic rings. The van der Waals surface area contributed by atoms with E-state index in [1.807, 2.05) is 24.3 Å². The molecule has 0 aliphatic carbocycles. The van der Waals surface area contributed by atoms with Crippen molar-refractivity contribution in [3.63, 3.8) is 0 Å². The van der Waals surface area contributed by atoms with Gasteiger partial charge in [-0.3, -0.25) is 4.79 Å². The van der Waals surface area contributed by atoms with Crippen LogP contribution in [-0.2, 0) is 22.6 Å². The predicted molar refractivity (Wildman–Crippen MR) is 69.8 cm³/mol. The van der Waals surface area contributed by atoms with Crippen molar-refractivity contribution in [2.75, 3.05) is 6.61 Å². The highest BCUT2D eigenvalue weighted by Gasteiger charge is 2.21. The zero-order valence-corrected chi connectivity index (χ0v) is 10.5. The fourth-order valence-electron chi connectivity index (χ4n) is 2.17. The molecule has 1 atom stereocenters. The van der Waals surface area contributed by atoms with Crippen molar-refractivity contribution in [2.45, 2.75) is 38.5 Å². The third-order valence-corrected chi connectivity index (χ3v) is 3.26. The van der Waals surface area contributed by atoms with Crippen LogP contribution in [0.25, 0.3) is 0 Å². The van der Waals surface area contributed by atoms with Crippen LogP contribution < -0.4 is 11.1 Å². The van der Waals surface area contributed by atoms with Crippen molar-refractivity contribution in [1.29, 1.82) is 0 Å². The lowest BCUT2D eigenvalue weighted by atomic mass is 10.1. The van der Waals surface area contributed by atoms with Crippen molar-refractivity contribution < 1.29 is 9.53 Å². The monoisotopic (exact) mass is 248 g/mol. The lowest BCUT2D eigenvalue weighted by molar-refractivity contribution is -0.135. The predicted octanol–water partition coefficient (Wildman–Crippen LogP) is 1.33. The Bertz CT molecular complexity index is 401. The number of nitrogens with one attached hydrogen (secondary N) is 1. The normalized spacial score (nSPS) is 19.5. The highest BCUT2D eigenvalue weighted by molar-refractivity contribution is 5.80. The Morgan fingerprint density at radius 2 is 2.11 bits per heavy atom. The number of carbonyl (C=O) groups excluding carboxylic acids is 1. The van der Waals surface area contributed by atoms with Crippen molar-refractivity contribution in [2.24, 2.45) is 5.73 Å². The third kappa shape index (κ3) is 3.31. The molecule has 4 heteroatoms. The molecular weight excluding hydrogens is 228 g/mol. The number of hydrogen-bond acceptors (Lipinski definition) is 3. The molecule has 1 aromatic carbocycles. The molecule has 2 rings (SSSR count). The second-order valence-corrected chi connectivity index (χ2v) is 4.55. The van der Waals surface area contributed by atoms with E-state index in [2.05, 4.69) is 5.32 Å². The number of ether oxygens (including phenoxy) is 1. The molecule has 1 unspecified atom stereocenters. The van der Waals surface area contributed by atoms with Crippen LogP contribution in [0.4, 0.5) is 0 Å². The van der Waals surface area contributed by atoms with Crippen LogP contribution in [-0.4, -0.2) is 18.6 Å². The molecule has 18 heavy (non-hydrogen) atoms. The molecule has 1 aliphatic heterocycles. The van der Waals surface area contributed by atoms with Crippen molar-refractivity contribution in [3.05, 3.63) is 35.4 Å². The molecule has 0 spiro atoms. The Morgan fingerprint density at radius 3 is 2.78 bits per heavy atom. The molecule has 1 saturated heterocycles. The number of carbonyl (C=O) groups is 1. The van der Waals surface area contributed by atoms with E-state index in [-0.39, 0.29) is 12.0 Å². The van der Waals surface area contributed by atoms with Crippen LogP contribution in [0.3, 0.4) is 0 Å². The van der Waals surface area contributed by atoms with E-state index in [1.54, 1.807) is 0 Å². The Balaban J connectivity index is 1.88. The highest BCUT2D eigenvalue weighted by atomic mass is 16.5. The first-order valence-corrected chi connectivity index (χ1v) is 6.47. The average molecular weight is 248 g/mol. The van der Waals surface area contributed by atoms with Crippen LogP contribution in [0.2, 0.25) is 0 Å². The van der Waals surface area contributed by atoms with Gasteiger partial charge in [-0.15, -0.1) is 0 Å². The minimum Gasteiger partial charge on any atom is -0.368 e. The van der Waals surface area contributed by atoms with Gasteiger partial charge in [0, 0.05) is 19.7 Å². The molecule has 1 fully saturated rings. The molecule has 0 bridgehead atoms. The molecule has 3 N–H and O–H groups in total. The van der Waals surface area contributed by atoms with Gasteiger partial charge in [0.2, 0.25) is 5.91 Å². The van der Waals surface area contributed by atoms with E-state index in [9.17, 15) is 4.79 Å². The second-order valence-electron chi connectivity index (χ2n) is 4.55. The summed E-state index contributed by atoms with van der Waals surface area (Å²) in [6.07, 6.45) is 2.67. The fourth-order valence-corrected chi connectivity index (χ4v) is 2.17. The molecule has 98 valence electrons. The van der Waals surface area contributed by atoms with Crippen LogP contribution in [0.15, 0.2) is 24.3 Å². The minimum atomic E-state index is -0.274. The first kappa shape index (κ1) is 13.1. The summed E-state index contributed by atoms with van der Waals surface area (Å²) in [6.45, 7) is 1.70. The van der Waals surface area contributed by atoms with Gasteiger partial charge < -0.3 is 15.8 Å². The van der Waals surface area contributed by atoms with Crippen molar-refractivity contribution >= 4 is 5.91 Å². The summed E-state index contributed by atoms with van der Waals surface area (Å²) < 4.78 is 5.45. The summed E-state index contributed by atoms with van der Waals surface area (Å²) in [5, 5.41) is 2.92. The lowest BCUT2D eigenvalue weighted by Crippen LogP contribution is -2.38. The first-order valence-electron chi connectivity index (χ1n) is 6.47. The van der Waals surface area contributed by atoms with Gasteiger partial charge in [-0.2, -0.15) is 0 Å². The Kier molecular flexibility index (Phi) is 4.73. The molecule has 1 aromatic rings. The summed E-state index contributed by atoms with van der Waals surface area (Å²) in [5.74, 6) is -0.0125. The third-order valence-electron chi connectivity index (χ3n) is 3.26. The number of nitrogens with two attached hydrogens (primary N) is 1.